The standard InChI is InChI=1S/C13H17ClN2O3S/c14-11-5-1-2-6-12(11)16-13(17)8-15-10-4-3-7-20(18,19)9-10/h1-2,5-6,10,15H,3-4,7-9H2,(H,16,17). The fourth-order valence-electron chi connectivity index (χ4n) is 2.18. The van der Waals surface area contributed by atoms with Crippen molar-refractivity contribution in [3.8, 4) is 0 Å². The number of hydrogen-bond donors (Lipinski definition) is 2. The van der Waals surface area contributed by atoms with E-state index in [-0.39, 0.29) is 30.0 Å². The van der Waals surface area contributed by atoms with Crippen molar-refractivity contribution in [3.05, 3.63) is 29.3 Å². The summed E-state index contributed by atoms with van der Waals surface area (Å²) in [6, 6.07) is 6.82. The molecule has 110 valence electrons. The minimum Gasteiger partial charge on any atom is -0.324 e. The van der Waals surface area contributed by atoms with Gasteiger partial charge in [-0.2, -0.15) is 0 Å². The van der Waals surface area contributed by atoms with E-state index in [2.05, 4.69) is 10.6 Å². The van der Waals surface area contributed by atoms with E-state index in [0.717, 1.165) is 6.42 Å². The van der Waals surface area contributed by atoms with Gasteiger partial charge in [-0.25, -0.2) is 8.42 Å². The molecule has 1 fully saturated rings. The monoisotopic (exact) mass is 316 g/mol. The minimum absolute atomic E-state index is 0.0748. The molecule has 0 aromatic heterocycles. The lowest BCUT2D eigenvalue weighted by molar-refractivity contribution is -0.115. The first-order chi connectivity index (χ1) is 9.46. The van der Waals surface area contributed by atoms with Gasteiger partial charge in [0.15, 0.2) is 9.84 Å². The molecule has 0 bridgehead atoms. The molecule has 1 aliphatic heterocycles. The van der Waals surface area contributed by atoms with Gasteiger partial charge >= 0.3 is 0 Å². The van der Waals surface area contributed by atoms with Crippen LogP contribution in [0.1, 0.15) is 12.8 Å². The van der Waals surface area contributed by atoms with Crippen molar-refractivity contribution in [3.63, 3.8) is 0 Å². The Kier molecular flexibility index (Phi) is 5.01. The largest absolute Gasteiger partial charge is 0.324 e. The molecule has 0 radical (unpaired) electrons. The Morgan fingerprint density at radius 3 is 2.80 bits per heavy atom. The summed E-state index contributed by atoms with van der Waals surface area (Å²) in [7, 11) is -2.96. The van der Waals surface area contributed by atoms with E-state index in [1.165, 1.54) is 0 Å². The SMILES string of the molecule is O=C(CNC1CCCS(=O)(=O)C1)Nc1ccccc1Cl. The molecule has 2 rings (SSSR count). The van der Waals surface area contributed by atoms with Crippen molar-refractivity contribution in [2.24, 2.45) is 0 Å². The predicted molar refractivity (Wildman–Crippen MR) is 79.8 cm³/mol. The first kappa shape index (κ1) is 15.3. The smallest absolute Gasteiger partial charge is 0.238 e. The van der Waals surface area contributed by atoms with Gasteiger partial charge in [0.05, 0.1) is 28.8 Å². The summed E-state index contributed by atoms with van der Waals surface area (Å²) >= 11 is 5.94. The van der Waals surface area contributed by atoms with Gasteiger partial charge in [-0.1, -0.05) is 23.7 Å². The minimum atomic E-state index is -2.96. The lowest BCUT2D eigenvalue weighted by Crippen LogP contribution is -2.43. The summed E-state index contributed by atoms with van der Waals surface area (Å²) in [4.78, 5) is 11.8. The molecular formula is C13H17ClN2O3S. The number of benzene rings is 1. The fourth-order valence-corrected chi connectivity index (χ4v) is 4.03. The number of nitrogens with one attached hydrogen (secondary N) is 2. The molecule has 1 aromatic rings. The third-order valence-electron chi connectivity index (χ3n) is 3.16. The van der Waals surface area contributed by atoms with Crippen LogP contribution in [-0.4, -0.2) is 38.4 Å². The molecule has 0 aliphatic carbocycles. The molecule has 1 aromatic carbocycles. The van der Waals surface area contributed by atoms with Gasteiger partial charge in [0.1, 0.15) is 0 Å². The fraction of sp³-hybridized carbons (Fsp3) is 0.462. The Morgan fingerprint density at radius 2 is 2.10 bits per heavy atom. The van der Waals surface area contributed by atoms with Crippen molar-refractivity contribution >= 4 is 33.0 Å². The highest BCUT2D eigenvalue weighted by Gasteiger charge is 2.24. The summed E-state index contributed by atoms with van der Waals surface area (Å²) in [5.41, 5.74) is 0.553. The van der Waals surface area contributed by atoms with Crippen LogP contribution in [0.5, 0.6) is 0 Å². The normalized spacial score (nSPS) is 21.4. The molecule has 5 nitrogen and oxygen atoms in total. The van der Waals surface area contributed by atoms with E-state index in [1.807, 2.05) is 0 Å². The van der Waals surface area contributed by atoms with Crippen LogP contribution >= 0.6 is 11.6 Å². The second-order valence-corrected chi connectivity index (χ2v) is 7.50. The van der Waals surface area contributed by atoms with E-state index in [9.17, 15) is 13.2 Å². The van der Waals surface area contributed by atoms with Crippen LogP contribution in [0.4, 0.5) is 5.69 Å². The molecule has 1 atom stereocenters. The third-order valence-corrected chi connectivity index (χ3v) is 5.31. The predicted octanol–water partition coefficient (Wildman–Crippen LogP) is 1.45. The zero-order valence-corrected chi connectivity index (χ0v) is 12.5. The van der Waals surface area contributed by atoms with E-state index < -0.39 is 9.84 Å². The number of anilines is 1. The maximum Gasteiger partial charge on any atom is 0.238 e. The number of halogens is 1. The van der Waals surface area contributed by atoms with Crippen LogP contribution in [0.2, 0.25) is 5.02 Å². The van der Waals surface area contributed by atoms with E-state index in [0.29, 0.717) is 17.1 Å². The van der Waals surface area contributed by atoms with Crippen LogP contribution < -0.4 is 10.6 Å². The first-order valence-corrected chi connectivity index (χ1v) is 8.64. The van der Waals surface area contributed by atoms with E-state index in [4.69, 9.17) is 11.6 Å². The average molecular weight is 317 g/mol. The molecule has 1 saturated heterocycles. The summed E-state index contributed by atoms with van der Waals surface area (Å²) in [5.74, 6) is 0.115. The maximum absolute atomic E-state index is 11.8. The second-order valence-electron chi connectivity index (χ2n) is 4.86. The van der Waals surface area contributed by atoms with Gasteiger partial charge in [0, 0.05) is 6.04 Å². The number of para-hydroxylation sites is 1. The Hall–Kier alpha value is -1.11. The molecule has 20 heavy (non-hydrogen) atoms. The quantitative estimate of drug-likeness (QED) is 0.881. The summed E-state index contributed by atoms with van der Waals surface area (Å²) in [6.07, 6.45) is 1.42. The van der Waals surface area contributed by atoms with Gasteiger partial charge in [-0.05, 0) is 25.0 Å². The van der Waals surface area contributed by atoms with Gasteiger partial charge in [0.2, 0.25) is 5.91 Å². The highest BCUT2D eigenvalue weighted by Crippen LogP contribution is 2.20. The van der Waals surface area contributed by atoms with Gasteiger partial charge in [-0.15, -0.1) is 0 Å². The summed E-state index contributed by atoms with van der Waals surface area (Å²) in [6.45, 7) is 0.0748. The van der Waals surface area contributed by atoms with E-state index >= 15 is 0 Å². The molecule has 7 heteroatoms. The van der Waals surface area contributed by atoms with Crippen LogP contribution in [0.15, 0.2) is 24.3 Å². The molecular weight excluding hydrogens is 300 g/mol. The number of carbonyl (C=O) groups excluding carboxylic acids is 1. The van der Waals surface area contributed by atoms with Crippen LogP contribution in [0, 0.1) is 0 Å². The van der Waals surface area contributed by atoms with E-state index in [1.54, 1.807) is 24.3 Å². The van der Waals surface area contributed by atoms with Crippen LogP contribution in [-0.2, 0) is 14.6 Å². The number of rotatable bonds is 4. The molecule has 0 spiro atoms. The first-order valence-electron chi connectivity index (χ1n) is 6.44. The van der Waals surface area contributed by atoms with Crippen LogP contribution in [0.25, 0.3) is 0 Å². The number of amides is 1. The van der Waals surface area contributed by atoms with Gasteiger partial charge in [-0.3, -0.25) is 4.79 Å². The van der Waals surface area contributed by atoms with Crippen molar-refractivity contribution in [2.75, 3.05) is 23.4 Å². The maximum atomic E-state index is 11.8. The highest BCUT2D eigenvalue weighted by molar-refractivity contribution is 7.91. The van der Waals surface area contributed by atoms with Gasteiger partial charge < -0.3 is 10.6 Å². The number of sulfone groups is 1. The lowest BCUT2D eigenvalue weighted by atomic mass is 10.2. The zero-order valence-electron chi connectivity index (χ0n) is 10.9. The third kappa shape index (κ3) is 4.47. The van der Waals surface area contributed by atoms with Crippen molar-refractivity contribution in [1.82, 2.24) is 5.32 Å². The molecule has 1 amide bonds. The Morgan fingerprint density at radius 1 is 1.35 bits per heavy atom. The van der Waals surface area contributed by atoms with Crippen molar-refractivity contribution in [2.45, 2.75) is 18.9 Å². The average Bonchev–Trinajstić information content (AvgIpc) is 2.38. The number of carbonyl (C=O) groups is 1. The van der Waals surface area contributed by atoms with Gasteiger partial charge in [0.25, 0.3) is 0 Å². The zero-order chi connectivity index (χ0) is 14.6. The summed E-state index contributed by atoms with van der Waals surface area (Å²) < 4.78 is 23.0. The topological polar surface area (TPSA) is 75.3 Å². The molecule has 1 heterocycles. The Balaban J connectivity index is 1.82. The Labute approximate surface area is 123 Å². The van der Waals surface area contributed by atoms with Crippen LogP contribution in [0.3, 0.4) is 0 Å². The molecule has 1 unspecified atom stereocenters. The lowest BCUT2D eigenvalue weighted by Gasteiger charge is -2.22. The molecule has 0 saturated carbocycles. The van der Waals surface area contributed by atoms with Crippen molar-refractivity contribution in [1.29, 1.82) is 0 Å². The number of hydrogen-bond acceptors (Lipinski definition) is 4. The summed E-state index contributed by atoms with van der Waals surface area (Å²) in [5, 5.41) is 6.14. The molecule has 2 N–H and O–H groups in total. The van der Waals surface area contributed by atoms with Crippen molar-refractivity contribution < 1.29 is 13.2 Å². The Bertz CT molecular complexity index is 589. The molecule has 1 aliphatic rings. The highest BCUT2D eigenvalue weighted by atomic mass is 35.5. The second kappa shape index (κ2) is 6.56.